The average Bonchev–Trinajstić information content (AvgIpc) is 3.03. The van der Waals surface area contributed by atoms with Gasteiger partial charge in [0.25, 0.3) is 5.91 Å². The molecule has 148 valence electrons. The highest BCUT2D eigenvalue weighted by atomic mass is 16.5. The Morgan fingerprint density at radius 2 is 2.00 bits per heavy atom. The Balaban J connectivity index is 1.89. The maximum Gasteiger partial charge on any atom is 0.257 e. The first-order chi connectivity index (χ1) is 13.0. The lowest BCUT2D eigenvalue weighted by Gasteiger charge is -2.43. The van der Waals surface area contributed by atoms with Crippen LogP contribution in [0.25, 0.3) is 0 Å². The predicted octanol–water partition coefficient (Wildman–Crippen LogP) is 2.51. The van der Waals surface area contributed by atoms with Gasteiger partial charge in [0.05, 0.1) is 13.2 Å². The first-order valence-corrected chi connectivity index (χ1v) is 9.78. The van der Waals surface area contributed by atoms with E-state index in [1.165, 1.54) is 0 Å². The van der Waals surface area contributed by atoms with Crippen LogP contribution in [0.2, 0.25) is 0 Å². The van der Waals surface area contributed by atoms with Gasteiger partial charge < -0.3 is 14.8 Å². The fourth-order valence-electron chi connectivity index (χ4n) is 4.12. The van der Waals surface area contributed by atoms with E-state index < -0.39 is 11.8 Å². The van der Waals surface area contributed by atoms with Crippen LogP contribution in [0.15, 0.2) is 24.3 Å². The van der Waals surface area contributed by atoms with Gasteiger partial charge >= 0.3 is 0 Å². The molecule has 0 aromatic heterocycles. The highest BCUT2D eigenvalue weighted by Gasteiger charge is 2.53. The number of hydrogen-bond acceptors (Lipinski definition) is 4. The largest absolute Gasteiger partial charge is 0.383 e. The highest BCUT2D eigenvalue weighted by molar-refractivity contribution is 5.99. The molecule has 1 saturated carbocycles. The Morgan fingerprint density at radius 1 is 1.30 bits per heavy atom. The van der Waals surface area contributed by atoms with E-state index in [-0.39, 0.29) is 18.4 Å². The molecule has 3 rings (SSSR count). The summed E-state index contributed by atoms with van der Waals surface area (Å²) >= 11 is 0. The Hall–Kier alpha value is -1.92. The number of methoxy groups -OCH3 is 1. The maximum absolute atomic E-state index is 13.5. The monoisotopic (exact) mass is 374 g/mol. The third-order valence-corrected chi connectivity index (χ3v) is 5.82. The van der Waals surface area contributed by atoms with Crippen molar-refractivity contribution in [3.8, 4) is 0 Å². The lowest BCUT2D eigenvalue weighted by atomic mass is 9.83. The minimum Gasteiger partial charge on any atom is -0.383 e. The molecule has 6 nitrogen and oxygen atoms in total. The molecule has 1 heterocycles. The standard InChI is InChI=1S/C21H30N2O4/c1-15-8-10-21(11-9-15)23(20(25)17-7-5-4-6-16(17)2)18(14-27-21)19(24)22-12-13-26-3/h4-7,15,18H,8-14H2,1-3H3,(H,22,24). The second kappa shape index (κ2) is 8.40. The molecule has 1 N–H and O–H groups in total. The maximum atomic E-state index is 13.5. The zero-order chi connectivity index (χ0) is 19.4. The molecule has 2 fully saturated rings. The molecule has 1 saturated heterocycles. The summed E-state index contributed by atoms with van der Waals surface area (Å²) in [6, 6.07) is 6.92. The molecule has 0 radical (unpaired) electrons. The normalized spacial score (nSPS) is 27.7. The quantitative estimate of drug-likeness (QED) is 0.804. The van der Waals surface area contributed by atoms with Gasteiger partial charge in [-0.15, -0.1) is 0 Å². The number of nitrogens with one attached hydrogen (secondary N) is 1. The summed E-state index contributed by atoms with van der Waals surface area (Å²) in [7, 11) is 1.59. The summed E-state index contributed by atoms with van der Waals surface area (Å²) < 4.78 is 11.2. The molecular formula is C21H30N2O4. The van der Waals surface area contributed by atoms with Crippen LogP contribution in [-0.4, -0.2) is 55.3 Å². The molecule has 1 atom stereocenters. The van der Waals surface area contributed by atoms with E-state index in [1.807, 2.05) is 31.2 Å². The van der Waals surface area contributed by atoms with Crippen LogP contribution >= 0.6 is 0 Å². The van der Waals surface area contributed by atoms with E-state index in [4.69, 9.17) is 9.47 Å². The number of rotatable bonds is 5. The van der Waals surface area contributed by atoms with Crippen LogP contribution in [0.4, 0.5) is 0 Å². The number of ether oxygens (including phenoxy) is 2. The fourth-order valence-corrected chi connectivity index (χ4v) is 4.12. The minimum atomic E-state index is -0.671. The number of amides is 2. The number of carbonyl (C=O) groups is 2. The van der Waals surface area contributed by atoms with Gasteiger partial charge in [0.15, 0.2) is 0 Å². The van der Waals surface area contributed by atoms with Crippen molar-refractivity contribution >= 4 is 11.8 Å². The summed E-state index contributed by atoms with van der Waals surface area (Å²) in [6.07, 6.45) is 3.53. The fraction of sp³-hybridized carbons (Fsp3) is 0.619. The van der Waals surface area contributed by atoms with E-state index in [9.17, 15) is 9.59 Å². The topological polar surface area (TPSA) is 67.9 Å². The number of nitrogens with zero attached hydrogens (tertiary/aromatic N) is 1. The number of hydrogen-bond donors (Lipinski definition) is 1. The first-order valence-electron chi connectivity index (χ1n) is 9.78. The molecule has 1 spiro atoms. The van der Waals surface area contributed by atoms with Crippen LogP contribution in [0, 0.1) is 12.8 Å². The molecule has 1 aliphatic carbocycles. The number of benzene rings is 1. The van der Waals surface area contributed by atoms with Crippen molar-refractivity contribution in [1.82, 2.24) is 10.2 Å². The number of aryl methyl sites for hydroxylation is 1. The molecule has 0 bridgehead atoms. The van der Waals surface area contributed by atoms with Crippen molar-refractivity contribution in [2.75, 3.05) is 26.9 Å². The minimum absolute atomic E-state index is 0.118. The Kier molecular flexibility index (Phi) is 6.17. The van der Waals surface area contributed by atoms with Gasteiger partial charge in [0, 0.05) is 19.2 Å². The van der Waals surface area contributed by atoms with Crippen molar-refractivity contribution in [1.29, 1.82) is 0 Å². The van der Waals surface area contributed by atoms with Gasteiger partial charge in [-0.2, -0.15) is 0 Å². The molecule has 1 aliphatic heterocycles. The first kappa shape index (κ1) is 19.8. The van der Waals surface area contributed by atoms with Gasteiger partial charge in [0.1, 0.15) is 11.8 Å². The predicted molar refractivity (Wildman–Crippen MR) is 102 cm³/mol. The van der Waals surface area contributed by atoms with Crippen LogP contribution in [0.3, 0.4) is 0 Å². The van der Waals surface area contributed by atoms with Crippen molar-refractivity contribution in [3.63, 3.8) is 0 Å². The third kappa shape index (κ3) is 4.01. The second-order valence-electron chi connectivity index (χ2n) is 7.73. The van der Waals surface area contributed by atoms with Gasteiger partial charge in [-0.05, 0) is 50.2 Å². The van der Waals surface area contributed by atoms with Crippen molar-refractivity contribution < 1.29 is 19.1 Å². The number of carbonyl (C=O) groups excluding carboxylic acids is 2. The van der Waals surface area contributed by atoms with Crippen molar-refractivity contribution in [3.05, 3.63) is 35.4 Å². The third-order valence-electron chi connectivity index (χ3n) is 5.82. The van der Waals surface area contributed by atoms with Crippen LogP contribution in [0.5, 0.6) is 0 Å². The van der Waals surface area contributed by atoms with Gasteiger partial charge in [-0.3, -0.25) is 14.5 Å². The molecular weight excluding hydrogens is 344 g/mol. The molecule has 2 amide bonds. The molecule has 6 heteroatoms. The molecule has 2 aliphatic rings. The van der Waals surface area contributed by atoms with Gasteiger partial charge in [0.2, 0.25) is 5.91 Å². The molecule has 27 heavy (non-hydrogen) atoms. The Labute approximate surface area is 161 Å². The average molecular weight is 374 g/mol. The van der Waals surface area contributed by atoms with E-state index in [1.54, 1.807) is 12.0 Å². The van der Waals surface area contributed by atoms with Crippen LogP contribution < -0.4 is 5.32 Å². The lowest BCUT2D eigenvalue weighted by molar-refractivity contribution is -0.128. The Morgan fingerprint density at radius 3 is 2.67 bits per heavy atom. The van der Waals surface area contributed by atoms with E-state index in [2.05, 4.69) is 12.2 Å². The highest BCUT2D eigenvalue weighted by Crippen LogP contribution is 2.43. The van der Waals surface area contributed by atoms with E-state index in [0.29, 0.717) is 24.6 Å². The molecule has 1 unspecified atom stereocenters. The second-order valence-corrected chi connectivity index (χ2v) is 7.73. The van der Waals surface area contributed by atoms with E-state index in [0.717, 1.165) is 31.2 Å². The summed E-state index contributed by atoms with van der Waals surface area (Å²) in [4.78, 5) is 28.0. The summed E-state index contributed by atoms with van der Waals surface area (Å²) in [6.45, 7) is 5.25. The summed E-state index contributed by atoms with van der Waals surface area (Å²) in [5.74, 6) is 0.320. The smallest absolute Gasteiger partial charge is 0.257 e. The SMILES string of the molecule is COCCNC(=O)C1COC2(CCC(C)CC2)N1C(=O)c1ccccc1C. The lowest BCUT2D eigenvalue weighted by Crippen LogP contribution is -2.57. The summed E-state index contributed by atoms with van der Waals surface area (Å²) in [5, 5.41) is 2.87. The Bertz CT molecular complexity index is 683. The summed E-state index contributed by atoms with van der Waals surface area (Å²) in [5.41, 5.74) is 0.873. The van der Waals surface area contributed by atoms with Crippen LogP contribution in [0.1, 0.15) is 48.5 Å². The van der Waals surface area contributed by atoms with Crippen molar-refractivity contribution in [2.24, 2.45) is 5.92 Å². The van der Waals surface area contributed by atoms with Gasteiger partial charge in [-0.25, -0.2) is 0 Å². The van der Waals surface area contributed by atoms with Crippen molar-refractivity contribution in [2.45, 2.75) is 51.3 Å². The molecule has 1 aromatic carbocycles. The van der Waals surface area contributed by atoms with E-state index >= 15 is 0 Å². The molecule has 1 aromatic rings. The van der Waals surface area contributed by atoms with Crippen LogP contribution in [-0.2, 0) is 14.3 Å². The zero-order valence-corrected chi connectivity index (χ0v) is 16.5. The van der Waals surface area contributed by atoms with Gasteiger partial charge in [-0.1, -0.05) is 25.1 Å². The zero-order valence-electron chi connectivity index (χ0n) is 16.5.